The number of rotatable bonds is 4. The number of fused-ring (bicyclic) bond motifs is 2. The second-order valence-corrected chi connectivity index (χ2v) is 8.81. The Hall–Kier alpha value is -3.41. The van der Waals surface area contributed by atoms with E-state index in [1.165, 1.54) is 16.7 Å². The molecule has 0 bridgehead atoms. The fourth-order valence-electron chi connectivity index (χ4n) is 4.57. The van der Waals surface area contributed by atoms with E-state index in [4.69, 9.17) is 4.74 Å². The molecule has 2 amide bonds. The number of hydrogen-bond donors (Lipinski definition) is 2. The summed E-state index contributed by atoms with van der Waals surface area (Å²) >= 11 is 0. The molecule has 2 N–H and O–H groups in total. The molecule has 2 unspecified atom stereocenters. The number of urea groups is 1. The quantitative estimate of drug-likeness (QED) is 0.655. The number of ether oxygens (including phenoxy) is 1. The Morgan fingerprint density at radius 1 is 1.09 bits per heavy atom. The molecule has 1 aromatic heterocycles. The third-order valence-corrected chi connectivity index (χ3v) is 6.24. The molecule has 1 aliphatic heterocycles. The molecular weight excluding hydrogens is 400 g/mol. The predicted octanol–water partition coefficient (Wildman–Crippen LogP) is 4.13. The Morgan fingerprint density at radius 2 is 1.91 bits per heavy atom. The Kier molecular flexibility index (Phi) is 5.52. The van der Waals surface area contributed by atoms with Crippen LogP contribution in [0.25, 0.3) is 11.1 Å². The maximum Gasteiger partial charge on any atom is 0.315 e. The van der Waals surface area contributed by atoms with E-state index < -0.39 is 0 Å². The highest BCUT2D eigenvalue weighted by Gasteiger charge is 2.22. The summed E-state index contributed by atoms with van der Waals surface area (Å²) in [5, 5.41) is 6.07. The zero-order valence-corrected chi connectivity index (χ0v) is 18.5. The minimum atomic E-state index is -0.136. The van der Waals surface area contributed by atoms with Gasteiger partial charge in [0.2, 0.25) is 0 Å². The molecule has 0 spiro atoms. The summed E-state index contributed by atoms with van der Waals surface area (Å²) in [6.07, 6.45) is 5.65. The average Bonchev–Trinajstić information content (AvgIpc) is 3.17. The summed E-state index contributed by atoms with van der Waals surface area (Å²) in [7, 11) is 0. The summed E-state index contributed by atoms with van der Waals surface area (Å²) in [5.41, 5.74) is 6.94. The lowest BCUT2D eigenvalue weighted by Gasteiger charge is -2.24. The lowest BCUT2D eigenvalue weighted by Crippen LogP contribution is -2.44. The first kappa shape index (κ1) is 20.5. The first-order valence-electron chi connectivity index (χ1n) is 11.3. The van der Waals surface area contributed by atoms with Crippen molar-refractivity contribution < 1.29 is 9.53 Å². The van der Waals surface area contributed by atoms with Crippen molar-refractivity contribution in [3.8, 4) is 16.9 Å². The monoisotopic (exact) mass is 428 g/mol. The molecule has 3 aromatic rings. The number of hydrogen-bond acceptors (Lipinski definition) is 4. The van der Waals surface area contributed by atoms with Gasteiger partial charge in [-0.1, -0.05) is 30.3 Å². The molecule has 6 heteroatoms. The van der Waals surface area contributed by atoms with Crippen LogP contribution in [0.1, 0.15) is 41.6 Å². The summed E-state index contributed by atoms with van der Waals surface area (Å²) in [6.45, 7) is 4.50. The Bertz CT molecular complexity index is 1140. The smallest absolute Gasteiger partial charge is 0.315 e. The van der Waals surface area contributed by atoms with E-state index in [0.29, 0.717) is 6.54 Å². The molecule has 5 rings (SSSR count). The fourth-order valence-corrected chi connectivity index (χ4v) is 4.57. The van der Waals surface area contributed by atoms with Gasteiger partial charge in [0, 0.05) is 30.9 Å². The third kappa shape index (κ3) is 4.44. The number of carbonyl (C=O) groups excluding carboxylic acids is 1. The van der Waals surface area contributed by atoms with Crippen molar-refractivity contribution in [1.29, 1.82) is 0 Å². The number of amides is 2. The fraction of sp³-hybridized carbons (Fsp3) is 0.346. The van der Waals surface area contributed by atoms with Gasteiger partial charge in [0.05, 0.1) is 0 Å². The summed E-state index contributed by atoms with van der Waals surface area (Å²) < 4.78 is 5.80. The number of aryl methyl sites for hydroxylation is 2. The van der Waals surface area contributed by atoms with Crippen molar-refractivity contribution in [1.82, 2.24) is 20.6 Å². The maximum atomic E-state index is 12.4. The van der Waals surface area contributed by atoms with Gasteiger partial charge in [-0.3, -0.25) is 0 Å². The molecular formula is C26H28N4O2. The van der Waals surface area contributed by atoms with Crippen LogP contribution in [0.15, 0.2) is 48.7 Å². The highest BCUT2D eigenvalue weighted by molar-refractivity contribution is 5.74. The van der Waals surface area contributed by atoms with E-state index in [-0.39, 0.29) is 18.2 Å². The van der Waals surface area contributed by atoms with Gasteiger partial charge in [0.1, 0.15) is 17.7 Å². The minimum Gasteiger partial charge on any atom is -0.490 e. The van der Waals surface area contributed by atoms with Crippen molar-refractivity contribution in [2.24, 2.45) is 0 Å². The van der Waals surface area contributed by atoms with Gasteiger partial charge >= 0.3 is 6.03 Å². The maximum absolute atomic E-state index is 12.4. The molecule has 0 radical (unpaired) electrons. The standard InChI is InChI=1S/C26H28N4O2/c1-16-11-21-12-20(7-10-25(21)32-16)19-5-3-18(4-6-19)14-28-26(31)30-23-8-9-24-22(13-23)15-27-17(2)29-24/h3-7,10,12,15-16,23H,8-9,11,13-14H2,1-2H3,(H2,28,30,31). The second-order valence-electron chi connectivity index (χ2n) is 8.81. The van der Waals surface area contributed by atoms with Crippen molar-refractivity contribution in [2.75, 3.05) is 0 Å². The van der Waals surface area contributed by atoms with Gasteiger partial charge in [0.15, 0.2) is 0 Å². The zero-order chi connectivity index (χ0) is 22.1. The van der Waals surface area contributed by atoms with Crippen molar-refractivity contribution in [2.45, 2.75) is 58.2 Å². The molecule has 2 atom stereocenters. The van der Waals surface area contributed by atoms with Crippen LogP contribution in [-0.2, 0) is 25.8 Å². The molecule has 2 heterocycles. The predicted molar refractivity (Wildman–Crippen MR) is 124 cm³/mol. The van der Waals surface area contributed by atoms with Crippen molar-refractivity contribution in [3.63, 3.8) is 0 Å². The van der Waals surface area contributed by atoms with Gasteiger partial charge in [-0.25, -0.2) is 14.8 Å². The van der Waals surface area contributed by atoms with Crippen LogP contribution in [-0.4, -0.2) is 28.1 Å². The number of nitrogens with one attached hydrogen (secondary N) is 2. The third-order valence-electron chi connectivity index (χ3n) is 6.24. The van der Waals surface area contributed by atoms with Crippen LogP contribution >= 0.6 is 0 Å². The van der Waals surface area contributed by atoms with E-state index in [2.05, 4.69) is 70.0 Å². The first-order valence-corrected chi connectivity index (χ1v) is 11.3. The molecule has 6 nitrogen and oxygen atoms in total. The topological polar surface area (TPSA) is 76.1 Å². The van der Waals surface area contributed by atoms with Crippen LogP contribution in [0.3, 0.4) is 0 Å². The molecule has 1 aliphatic carbocycles. The largest absolute Gasteiger partial charge is 0.490 e. The minimum absolute atomic E-state index is 0.114. The van der Waals surface area contributed by atoms with Crippen molar-refractivity contribution >= 4 is 6.03 Å². The van der Waals surface area contributed by atoms with Crippen LogP contribution in [0.5, 0.6) is 5.75 Å². The van der Waals surface area contributed by atoms with Crippen molar-refractivity contribution in [3.05, 3.63) is 76.9 Å². The summed E-state index contributed by atoms with van der Waals surface area (Å²) in [5.74, 6) is 1.80. The van der Waals surface area contributed by atoms with Crippen LogP contribution < -0.4 is 15.4 Å². The summed E-state index contributed by atoms with van der Waals surface area (Å²) in [4.78, 5) is 21.2. The van der Waals surface area contributed by atoms with E-state index >= 15 is 0 Å². The first-order chi connectivity index (χ1) is 15.5. The van der Waals surface area contributed by atoms with E-state index in [0.717, 1.165) is 54.1 Å². The molecule has 0 saturated heterocycles. The normalized spacial score (nSPS) is 18.9. The Labute approximate surface area is 188 Å². The van der Waals surface area contributed by atoms with Gasteiger partial charge in [-0.15, -0.1) is 0 Å². The van der Waals surface area contributed by atoms with Gasteiger partial charge in [-0.2, -0.15) is 0 Å². The van der Waals surface area contributed by atoms with Crippen LogP contribution in [0.2, 0.25) is 0 Å². The van der Waals surface area contributed by atoms with Crippen LogP contribution in [0, 0.1) is 6.92 Å². The second kappa shape index (κ2) is 8.61. The molecule has 0 saturated carbocycles. The number of carbonyl (C=O) groups is 1. The Balaban J connectivity index is 1.14. The molecule has 2 aliphatic rings. The summed E-state index contributed by atoms with van der Waals surface area (Å²) in [6, 6.07) is 14.7. The van der Waals surface area contributed by atoms with Gasteiger partial charge < -0.3 is 15.4 Å². The number of aromatic nitrogens is 2. The molecule has 164 valence electrons. The SMILES string of the molecule is Cc1ncc2c(n1)CCC(NC(=O)NCc1ccc(-c3ccc4c(c3)CC(C)O4)cc1)C2. The lowest BCUT2D eigenvalue weighted by molar-refractivity contribution is 0.235. The van der Waals surface area contributed by atoms with E-state index in [9.17, 15) is 4.79 Å². The Morgan fingerprint density at radius 3 is 2.75 bits per heavy atom. The number of benzene rings is 2. The van der Waals surface area contributed by atoms with E-state index in [1.807, 2.05) is 13.1 Å². The molecule has 32 heavy (non-hydrogen) atoms. The highest BCUT2D eigenvalue weighted by Crippen LogP contribution is 2.32. The van der Waals surface area contributed by atoms with Crippen LogP contribution in [0.4, 0.5) is 4.79 Å². The van der Waals surface area contributed by atoms with Gasteiger partial charge in [0.25, 0.3) is 0 Å². The number of nitrogens with zero attached hydrogens (tertiary/aromatic N) is 2. The lowest BCUT2D eigenvalue weighted by atomic mass is 9.93. The molecule has 2 aromatic carbocycles. The zero-order valence-electron chi connectivity index (χ0n) is 18.5. The average molecular weight is 429 g/mol. The molecule has 0 fully saturated rings. The van der Waals surface area contributed by atoms with E-state index in [1.54, 1.807) is 0 Å². The highest BCUT2D eigenvalue weighted by atomic mass is 16.5. The van der Waals surface area contributed by atoms with Gasteiger partial charge in [-0.05, 0) is 73.1 Å².